The van der Waals surface area contributed by atoms with Gasteiger partial charge in [-0.25, -0.2) is 4.79 Å². The van der Waals surface area contributed by atoms with Crippen LogP contribution in [-0.4, -0.2) is 59.2 Å². The first-order valence-electron chi connectivity index (χ1n) is 8.51. The summed E-state index contributed by atoms with van der Waals surface area (Å²) in [6, 6.07) is 11.2. The predicted molar refractivity (Wildman–Crippen MR) is 105 cm³/mol. The molecule has 2 aromatic rings. The third-order valence-corrected chi connectivity index (χ3v) is 4.73. The van der Waals surface area contributed by atoms with E-state index in [4.69, 9.17) is 17.0 Å². The Labute approximate surface area is 158 Å². The zero-order valence-electron chi connectivity index (χ0n) is 14.7. The van der Waals surface area contributed by atoms with Crippen LogP contribution in [0.1, 0.15) is 15.9 Å². The summed E-state index contributed by atoms with van der Waals surface area (Å²) in [5.41, 5.74) is 2.66. The molecule has 1 aromatic carbocycles. The second-order valence-electron chi connectivity index (χ2n) is 6.12. The van der Waals surface area contributed by atoms with Gasteiger partial charge in [0.05, 0.1) is 12.7 Å². The van der Waals surface area contributed by atoms with E-state index in [0.717, 1.165) is 38.4 Å². The summed E-state index contributed by atoms with van der Waals surface area (Å²) in [4.78, 5) is 20.1. The standard InChI is InChI=1S/C19H22N4O2S/c1-25-18(24)16-2-4-17(5-3-16)21-19(26)23-12-10-22(11-13-23)14-15-6-8-20-9-7-15/h2-9H,10-14H2,1H3,(H,21,26). The molecule has 1 fully saturated rings. The third kappa shape index (κ3) is 4.77. The number of hydrogen-bond acceptors (Lipinski definition) is 5. The van der Waals surface area contributed by atoms with E-state index in [1.54, 1.807) is 12.1 Å². The first-order valence-corrected chi connectivity index (χ1v) is 8.92. The zero-order chi connectivity index (χ0) is 18.4. The molecule has 0 spiro atoms. The Morgan fingerprint density at radius 1 is 1.12 bits per heavy atom. The van der Waals surface area contributed by atoms with E-state index in [1.807, 2.05) is 24.5 Å². The van der Waals surface area contributed by atoms with Crippen LogP contribution in [0.25, 0.3) is 0 Å². The van der Waals surface area contributed by atoms with Gasteiger partial charge in [0.15, 0.2) is 5.11 Å². The van der Waals surface area contributed by atoms with Gasteiger partial charge in [0.25, 0.3) is 0 Å². The normalized spacial score (nSPS) is 14.7. The Bertz CT molecular complexity index is 744. The number of pyridine rings is 1. The van der Waals surface area contributed by atoms with Crippen LogP contribution in [0.5, 0.6) is 0 Å². The molecule has 136 valence electrons. The molecule has 0 bridgehead atoms. The van der Waals surface area contributed by atoms with E-state index in [1.165, 1.54) is 12.7 Å². The van der Waals surface area contributed by atoms with E-state index < -0.39 is 0 Å². The van der Waals surface area contributed by atoms with Gasteiger partial charge >= 0.3 is 5.97 Å². The van der Waals surface area contributed by atoms with Crippen LogP contribution in [0.2, 0.25) is 0 Å². The molecule has 1 N–H and O–H groups in total. The number of hydrogen-bond donors (Lipinski definition) is 1. The van der Waals surface area contributed by atoms with Gasteiger partial charge in [-0.15, -0.1) is 0 Å². The van der Waals surface area contributed by atoms with Crippen molar-refractivity contribution in [3.05, 3.63) is 59.9 Å². The van der Waals surface area contributed by atoms with E-state index in [9.17, 15) is 4.79 Å². The van der Waals surface area contributed by atoms with E-state index >= 15 is 0 Å². The van der Waals surface area contributed by atoms with Crippen molar-refractivity contribution < 1.29 is 9.53 Å². The van der Waals surface area contributed by atoms with Crippen molar-refractivity contribution in [2.75, 3.05) is 38.6 Å². The van der Waals surface area contributed by atoms with Gasteiger partial charge in [0.1, 0.15) is 0 Å². The lowest BCUT2D eigenvalue weighted by atomic mass is 10.2. The first kappa shape index (κ1) is 18.3. The fourth-order valence-corrected chi connectivity index (χ4v) is 3.17. The van der Waals surface area contributed by atoms with Gasteiger partial charge in [-0.3, -0.25) is 9.88 Å². The summed E-state index contributed by atoms with van der Waals surface area (Å²) >= 11 is 5.53. The third-order valence-electron chi connectivity index (χ3n) is 4.37. The number of carbonyl (C=O) groups excluding carboxylic acids is 1. The van der Waals surface area contributed by atoms with Gasteiger partial charge in [0, 0.05) is 50.8 Å². The van der Waals surface area contributed by atoms with Crippen molar-refractivity contribution in [3.63, 3.8) is 0 Å². The average Bonchev–Trinajstić information content (AvgIpc) is 2.69. The lowest BCUT2D eigenvalue weighted by Crippen LogP contribution is -2.49. The van der Waals surface area contributed by atoms with E-state index in [2.05, 4.69) is 32.2 Å². The van der Waals surface area contributed by atoms with Crippen LogP contribution < -0.4 is 5.32 Å². The summed E-state index contributed by atoms with van der Waals surface area (Å²) in [7, 11) is 1.37. The molecule has 0 radical (unpaired) electrons. The smallest absolute Gasteiger partial charge is 0.337 e. The molecular weight excluding hydrogens is 348 g/mol. The van der Waals surface area contributed by atoms with Crippen LogP contribution in [0, 0.1) is 0 Å². The molecule has 1 aliphatic rings. The van der Waals surface area contributed by atoms with Crippen molar-refractivity contribution in [3.8, 4) is 0 Å². The minimum absolute atomic E-state index is 0.343. The molecule has 0 unspecified atom stereocenters. The lowest BCUT2D eigenvalue weighted by molar-refractivity contribution is 0.0601. The summed E-state index contributed by atoms with van der Waals surface area (Å²) in [5, 5.41) is 3.95. The quantitative estimate of drug-likeness (QED) is 0.655. The van der Waals surface area contributed by atoms with Crippen LogP contribution in [0.4, 0.5) is 5.69 Å². The van der Waals surface area contributed by atoms with E-state index in [0.29, 0.717) is 10.7 Å². The van der Waals surface area contributed by atoms with Crippen molar-refractivity contribution in [1.82, 2.24) is 14.8 Å². The number of anilines is 1. The Kier molecular flexibility index (Phi) is 6.14. The molecule has 0 atom stereocenters. The number of thiocarbonyl (C=S) groups is 1. The van der Waals surface area contributed by atoms with Gasteiger partial charge in [-0.05, 0) is 54.2 Å². The number of esters is 1. The van der Waals surface area contributed by atoms with Crippen molar-refractivity contribution in [1.29, 1.82) is 0 Å². The maximum Gasteiger partial charge on any atom is 0.337 e. The summed E-state index contributed by atoms with van der Waals surface area (Å²) in [6.07, 6.45) is 3.66. The Morgan fingerprint density at radius 2 is 1.77 bits per heavy atom. The Morgan fingerprint density at radius 3 is 2.38 bits per heavy atom. The number of nitrogens with zero attached hydrogens (tertiary/aromatic N) is 3. The topological polar surface area (TPSA) is 57.7 Å². The maximum absolute atomic E-state index is 11.5. The second-order valence-corrected chi connectivity index (χ2v) is 6.50. The molecule has 26 heavy (non-hydrogen) atoms. The van der Waals surface area contributed by atoms with Gasteiger partial charge in [-0.2, -0.15) is 0 Å². The largest absolute Gasteiger partial charge is 0.465 e. The molecule has 3 rings (SSSR count). The minimum atomic E-state index is -0.343. The number of rotatable bonds is 4. The number of nitrogens with one attached hydrogen (secondary N) is 1. The highest BCUT2D eigenvalue weighted by molar-refractivity contribution is 7.80. The van der Waals surface area contributed by atoms with Crippen molar-refractivity contribution in [2.45, 2.75) is 6.54 Å². The molecule has 0 amide bonds. The molecular formula is C19H22N4O2S. The number of piperazine rings is 1. The van der Waals surface area contributed by atoms with Crippen LogP contribution in [-0.2, 0) is 11.3 Å². The number of ether oxygens (including phenoxy) is 1. The SMILES string of the molecule is COC(=O)c1ccc(NC(=S)N2CCN(Cc3ccncc3)CC2)cc1. The summed E-state index contributed by atoms with van der Waals surface area (Å²) in [5.74, 6) is -0.343. The number of benzene rings is 1. The molecule has 1 saturated heterocycles. The highest BCUT2D eigenvalue weighted by atomic mass is 32.1. The highest BCUT2D eigenvalue weighted by Gasteiger charge is 2.19. The molecule has 6 nitrogen and oxygen atoms in total. The number of methoxy groups -OCH3 is 1. The highest BCUT2D eigenvalue weighted by Crippen LogP contribution is 2.13. The average molecular weight is 370 g/mol. The number of carbonyl (C=O) groups is 1. The molecule has 1 aliphatic heterocycles. The lowest BCUT2D eigenvalue weighted by Gasteiger charge is -2.36. The van der Waals surface area contributed by atoms with Crippen LogP contribution in [0.3, 0.4) is 0 Å². The fraction of sp³-hybridized carbons (Fsp3) is 0.316. The molecule has 7 heteroatoms. The fourth-order valence-electron chi connectivity index (χ4n) is 2.87. The van der Waals surface area contributed by atoms with Gasteiger partial charge in [0.2, 0.25) is 0 Å². The van der Waals surface area contributed by atoms with Crippen LogP contribution >= 0.6 is 12.2 Å². The molecule has 1 aromatic heterocycles. The second kappa shape index (κ2) is 8.73. The summed E-state index contributed by atoms with van der Waals surface area (Å²) < 4.78 is 4.70. The first-order chi connectivity index (χ1) is 12.7. The molecule has 0 aliphatic carbocycles. The van der Waals surface area contributed by atoms with Crippen molar-refractivity contribution >= 4 is 29.0 Å². The maximum atomic E-state index is 11.5. The Balaban J connectivity index is 1.48. The van der Waals surface area contributed by atoms with Gasteiger partial charge < -0.3 is 15.0 Å². The molecule has 0 saturated carbocycles. The molecule has 2 heterocycles. The number of aromatic nitrogens is 1. The minimum Gasteiger partial charge on any atom is -0.465 e. The van der Waals surface area contributed by atoms with Crippen molar-refractivity contribution in [2.24, 2.45) is 0 Å². The predicted octanol–water partition coefficient (Wildman–Crippen LogP) is 2.38. The summed E-state index contributed by atoms with van der Waals surface area (Å²) in [6.45, 7) is 4.64. The monoisotopic (exact) mass is 370 g/mol. The Hall–Kier alpha value is -2.51. The zero-order valence-corrected chi connectivity index (χ0v) is 15.5. The van der Waals surface area contributed by atoms with E-state index in [-0.39, 0.29) is 5.97 Å². The van der Waals surface area contributed by atoms with Crippen LogP contribution in [0.15, 0.2) is 48.8 Å². The van der Waals surface area contributed by atoms with Gasteiger partial charge in [-0.1, -0.05) is 0 Å².